The molecule has 28 heavy (non-hydrogen) atoms. The minimum absolute atomic E-state index is 0.00926. The molecule has 1 heterocycles. The lowest BCUT2D eigenvalue weighted by molar-refractivity contribution is 0.274. The lowest BCUT2D eigenvalue weighted by atomic mass is 9.88. The zero-order valence-electron chi connectivity index (χ0n) is 16.1. The molecule has 0 aliphatic carbocycles. The Balaban J connectivity index is 1.95. The molecular formula is C25H27O2P. The van der Waals surface area contributed by atoms with Gasteiger partial charge in [-0.15, -0.1) is 0 Å². The Kier molecular flexibility index (Phi) is 5.53. The Morgan fingerprint density at radius 3 is 2.04 bits per heavy atom. The van der Waals surface area contributed by atoms with Gasteiger partial charge < -0.3 is 9.67 Å². The van der Waals surface area contributed by atoms with Crippen LogP contribution in [0.15, 0.2) is 91.0 Å². The molecule has 0 amide bonds. The fourth-order valence-electron chi connectivity index (χ4n) is 5.04. The lowest BCUT2D eigenvalue weighted by Gasteiger charge is -2.39. The van der Waals surface area contributed by atoms with Crippen LogP contribution in [0.1, 0.15) is 42.5 Å². The Morgan fingerprint density at radius 2 is 1.43 bits per heavy atom. The highest BCUT2D eigenvalue weighted by Crippen LogP contribution is 2.79. The highest BCUT2D eigenvalue weighted by molar-refractivity contribution is 7.73. The van der Waals surface area contributed by atoms with Crippen LogP contribution in [-0.2, 0) is 9.72 Å². The van der Waals surface area contributed by atoms with Gasteiger partial charge >= 0.3 is 0 Å². The van der Waals surface area contributed by atoms with Crippen molar-refractivity contribution in [3.63, 3.8) is 0 Å². The smallest absolute Gasteiger partial charge is 0.132 e. The molecule has 4 rings (SSSR count). The molecule has 2 nitrogen and oxygen atoms in total. The summed E-state index contributed by atoms with van der Waals surface area (Å²) in [5.74, 6) is 0. The van der Waals surface area contributed by atoms with Crippen LogP contribution in [-0.4, -0.2) is 11.7 Å². The zero-order valence-corrected chi connectivity index (χ0v) is 17.0. The summed E-state index contributed by atoms with van der Waals surface area (Å²) < 4.78 is 15.2. The van der Waals surface area contributed by atoms with Crippen molar-refractivity contribution in [2.45, 2.75) is 36.5 Å². The van der Waals surface area contributed by atoms with Crippen molar-refractivity contribution < 1.29 is 9.67 Å². The standard InChI is InChI=1S/C25H27O2P/c26-20-10-18-25(22-13-6-2-7-14-22)19-17-24(21-11-4-1-5-12-21)28(25,27)23-15-8-3-9-16-23/h1-9,11-16,24,26H,10,17-20H2/t24-,25+,28?/m0/s1. The van der Waals surface area contributed by atoms with Gasteiger partial charge in [0.25, 0.3) is 0 Å². The van der Waals surface area contributed by atoms with Crippen molar-refractivity contribution in [3.8, 4) is 0 Å². The molecule has 0 radical (unpaired) electrons. The van der Waals surface area contributed by atoms with E-state index in [1.54, 1.807) is 0 Å². The molecule has 3 aromatic rings. The molecule has 0 bridgehead atoms. The van der Waals surface area contributed by atoms with Crippen LogP contribution in [0.3, 0.4) is 0 Å². The van der Waals surface area contributed by atoms with Gasteiger partial charge in [0, 0.05) is 17.6 Å². The first-order chi connectivity index (χ1) is 13.7. The molecule has 1 aliphatic rings. The van der Waals surface area contributed by atoms with Gasteiger partial charge in [-0.25, -0.2) is 0 Å². The number of rotatable bonds is 6. The maximum absolute atomic E-state index is 15.2. The van der Waals surface area contributed by atoms with Crippen molar-refractivity contribution in [2.75, 3.05) is 6.61 Å². The molecule has 1 saturated heterocycles. The van der Waals surface area contributed by atoms with Crippen LogP contribution in [0, 0.1) is 0 Å². The molecule has 1 unspecified atom stereocenters. The topological polar surface area (TPSA) is 37.3 Å². The van der Waals surface area contributed by atoms with Crippen molar-refractivity contribution in [3.05, 3.63) is 102 Å². The summed E-state index contributed by atoms with van der Waals surface area (Å²) >= 11 is 0. The molecule has 3 atom stereocenters. The number of hydrogen-bond acceptors (Lipinski definition) is 2. The molecule has 144 valence electrons. The third-order valence-electron chi connectivity index (χ3n) is 6.29. The van der Waals surface area contributed by atoms with Gasteiger partial charge in [-0.1, -0.05) is 91.0 Å². The third kappa shape index (κ3) is 3.05. The number of benzene rings is 3. The zero-order chi connectivity index (χ0) is 19.5. The van der Waals surface area contributed by atoms with Crippen molar-refractivity contribution in [1.29, 1.82) is 0 Å². The second-order valence-corrected chi connectivity index (χ2v) is 11.0. The highest BCUT2D eigenvalue weighted by Gasteiger charge is 2.58. The van der Waals surface area contributed by atoms with Gasteiger partial charge in [0.05, 0.1) is 5.16 Å². The molecule has 1 fully saturated rings. The average Bonchev–Trinajstić information content (AvgIpc) is 3.08. The number of hydrogen-bond donors (Lipinski definition) is 1. The normalized spacial score (nSPS) is 27.0. The Bertz CT molecular complexity index is 940. The summed E-state index contributed by atoms with van der Waals surface area (Å²) in [5, 5.41) is 10.2. The number of aliphatic hydroxyl groups excluding tert-OH is 1. The van der Waals surface area contributed by atoms with Crippen molar-refractivity contribution >= 4 is 12.4 Å². The Hall–Kier alpha value is -2.15. The van der Waals surface area contributed by atoms with Crippen LogP contribution >= 0.6 is 7.14 Å². The van der Waals surface area contributed by atoms with Crippen molar-refractivity contribution in [2.24, 2.45) is 0 Å². The van der Waals surface area contributed by atoms with Gasteiger partial charge in [0.1, 0.15) is 7.14 Å². The molecular weight excluding hydrogens is 363 g/mol. The minimum atomic E-state index is -2.86. The van der Waals surface area contributed by atoms with E-state index in [9.17, 15) is 5.11 Å². The Labute approximate surface area is 167 Å². The monoisotopic (exact) mass is 390 g/mol. The predicted octanol–water partition coefficient (Wildman–Crippen LogP) is 5.88. The summed E-state index contributed by atoms with van der Waals surface area (Å²) in [7, 11) is -2.86. The van der Waals surface area contributed by atoms with Crippen LogP contribution < -0.4 is 5.30 Å². The highest BCUT2D eigenvalue weighted by atomic mass is 31.2. The third-order valence-corrected chi connectivity index (χ3v) is 10.8. The summed E-state index contributed by atoms with van der Waals surface area (Å²) in [6.45, 7) is 0.124. The molecule has 1 aliphatic heterocycles. The largest absolute Gasteiger partial charge is 0.396 e. The van der Waals surface area contributed by atoms with E-state index in [2.05, 4.69) is 24.3 Å². The van der Waals surface area contributed by atoms with E-state index in [0.29, 0.717) is 6.42 Å². The quantitative estimate of drug-likeness (QED) is 0.534. The minimum Gasteiger partial charge on any atom is -0.396 e. The van der Waals surface area contributed by atoms with Crippen LogP contribution in [0.25, 0.3) is 0 Å². The number of aliphatic hydroxyl groups is 1. The van der Waals surface area contributed by atoms with E-state index in [1.807, 2.05) is 66.7 Å². The van der Waals surface area contributed by atoms with Gasteiger partial charge in [-0.05, 0) is 36.8 Å². The van der Waals surface area contributed by atoms with E-state index in [4.69, 9.17) is 0 Å². The summed E-state index contributed by atoms with van der Waals surface area (Å²) in [6, 6.07) is 30.8. The molecule has 0 saturated carbocycles. The second kappa shape index (κ2) is 8.07. The van der Waals surface area contributed by atoms with Crippen molar-refractivity contribution in [1.82, 2.24) is 0 Å². The molecule has 3 heteroatoms. The summed E-state index contributed by atoms with van der Waals surface area (Å²) in [6.07, 6.45) is 3.18. The van der Waals surface area contributed by atoms with Gasteiger partial charge in [-0.3, -0.25) is 0 Å². The van der Waals surface area contributed by atoms with E-state index in [1.165, 1.54) is 0 Å². The fraction of sp³-hybridized carbons (Fsp3) is 0.280. The second-order valence-electron chi connectivity index (χ2n) is 7.68. The lowest BCUT2D eigenvalue weighted by Crippen LogP contribution is -2.28. The first-order valence-corrected chi connectivity index (χ1v) is 11.9. The Morgan fingerprint density at radius 1 is 0.857 bits per heavy atom. The molecule has 1 N–H and O–H groups in total. The first-order valence-electron chi connectivity index (χ1n) is 10.1. The maximum Gasteiger partial charge on any atom is 0.132 e. The average molecular weight is 390 g/mol. The van der Waals surface area contributed by atoms with E-state index < -0.39 is 12.3 Å². The molecule has 0 spiro atoms. The van der Waals surface area contributed by atoms with E-state index in [-0.39, 0.29) is 12.3 Å². The predicted molar refractivity (Wildman–Crippen MR) is 117 cm³/mol. The summed E-state index contributed by atoms with van der Waals surface area (Å²) in [4.78, 5) is 0. The fourth-order valence-corrected chi connectivity index (χ4v) is 9.68. The molecule has 3 aromatic carbocycles. The van der Waals surface area contributed by atoms with Crippen LogP contribution in [0.2, 0.25) is 0 Å². The van der Waals surface area contributed by atoms with Crippen LogP contribution in [0.5, 0.6) is 0 Å². The maximum atomic E-state index is 15.2. The van der Waals surface area contributed by atoms with Gasteiger partial charge in [0.2, 0.25) is 0 Å². The van der Waals surface area contributed by atoms with E-state index in [0.717, 1.165) is 35.7 Å². The van der Waals surface area contributed by atoms with Gasteiger partial charge in [0.15, 0.2) is 0 Å². The summed E-state index contributed by atoms with van der Waals surface area (Å²) in [5.41, 5.74) is 2.32. The van der Waals surface area contributed by atoms with Gasteiger partial charge in [-0.2, -0.15) is 0 Å². The molecule has 0 aromatic heterocycles. The van der Waals surface area contributed by atoms with E-state index >= 15 is 4.57 Å². The SMILES string of the molecule is O=P1(c2ccccc2)[C@H](c2ccccc2)CC[C@]1(CCCO)c1ccccc1. The van der Waals surface area contributed by atoms with Crippen LogP contribution in [0.4, 0.5) is 0 Å². The first kappa shape index (κ1) is 19.2.